The van der Waals surface area contributed by atoms with Crippen LogP contribution in [0.25, 0.3) is 10.8 Å². The second kappa shape index (κ2) is 3.96. The molecule has 2 aromatic rings. The molecule has 1 fully saturated rings. The van der Waals surface area contributed by atoms with E-state index in [1.807, 2.05) is 25.1 Å². The molecule has 0 spiro atoms. The molecule has 3 aliphatic rings. The fraction of sp³-hybridized carbons (Fsp3) is 0.389. The van der Waals surface area contributed by atoms with Gasteiger partial charge in [0.05, 0.1) is 0 Å². The molecule has 0 bridgehead atoms. The van der Waals surface area contributed by atoms with E-state index in [1.54, 1.807) is 0 Å². The van der Waals surface area contributed by atoms with Gasteiger partial charge in [0.2, 0.25) is 0 Å². The topological polar surface area (TPSA) is 70.1 Å². The van der Waals surface area contributed by atoms with E-state index in [2.05, 4.69) is 0 Å². The summed E-state index contributed by atoms with van der Waals surface area (Å²) in [5, 5.41) is 22.6. The first-order valence-corrected chi connectivity index (χ1v) is 7.71. The van der Waals surface area contributed by atoms with Crippen molar-refractivity contribution < 1.29 is 19.7 Å². The Kier molecular flexibility index (Phi) is 2.30. The molecule has 2 aromatic carbocycles. The van der Waals surface area contributed by atoms with E-state index in [1.165, 1.54) is 0 Å². The Morgan fingerprint density at radius 3 is 2.86 bits per heavy atom. The van der Waals surface area contributed by atoms with Crippen LogP contribution in [0.15, 0.2) is 18.2 Å². The van der Waals surface area contributed by atoms with E-state index in [0.717, 1.165) is 45.0 Å². The maximum Gasteiger partial charge on any atom is 0.163 e. The Bertz CT molecular complexity index is 854. The molecular formula is C18H16O4. The highest BCUT2D eigenvalue weighted by atomic mass is 16.6. The van der Waals surface area contributed by atoms with Crippen molar-refractivity contribution in [2.24, 2.45) is 0 Å². The van der Waals surface area contributed by atoms with Gasteiger partial charge in [0.15, 0.2) is 5.78 Å². The van der Waals surface area contributed by atoms with Crippen LogP contribution in [-0.4, -0.2) is 28.2 Å². The zero-order valence-electron chi connectivity index (χ0n) is 12.2. The minimum absolute atomic E-state index is 0.133. The molecule has 4 atom stereocenters. The van der Waals surface area contributed by atoms with Gasteiger partial charge in [-0.05, 0) is 52.4 Å². The molecule has 4 heteroatoms. The number of ketones is 1. The lowest BCUT2D eigenvalue weighted by molar-refractivity contribution is 0.000103. The number of Topliss-reactive ketones (excluding diaryl/α,β-unsaturated/α-hetero) is 1. The highest BCUT2D eigenvalue weighted by Gasteiger charge is 2.54. The SMILES string of the molecule is Cc1cc2c(c3ccc4c(c13)C1OC1C(O)C4O)CCC2=O. The van der Waals surface area contributed by atoms with Crippen LogP contribution in [0.3, 0.4) is 0 Å². The van der Waals surface area contributed by atoms with Crippen molar-refractivity contribution in [3.8, 4) is 0 Å². The van der Waals surface area contributed by atoms with Crippen LogP contribution in [0.4, 0.5) is 0 Å². The summed E-state index contributed by atoms with van der Waals surface area (Å²) in [7, 11) is 0. The van der Waals surface area contributed by atoms with Crippen LogP contribution < -0.4 is 0 Å². The summed E-state index contributed by atoms with van der Waals surface area (Å²) < 4.78 is 5.61. The summed E-state index contributed by atoms with van der Waals surface area (Å²) in [5.41, 5.74) is 4.76. The molecule has 0 aromatic heterocycles. The molecule has 5 rings (SSSR count). The maximum absolute atomic E-state index is 12.0. The van der Waals surface area contributed by atoms with E-state index in [0.29, 0.717) is 6.42 Å². The third-order valence-electron chi connectivity index (χ3n) is 5.38. The summed E-state index contributed by atoms with van der Waals surface area (Å²) in [6.45, 7) is 2.00. The number of aliphatic hydroxyl groups is 2. The average Bonchev–Trinajstić information content (AvgIpc) is 3.23. The first-order chi connectivity index (χ1) is 10.6. The van der Waals surface area contributed by atoms with Gasteiger partial charge in [0.25, 0.3) is 0 Å². The number of aliphatic hydroxyl groups excluding tert-OH is 2. The highest BCUT2D eigenvalue weighted by Crippen LogP contribution is 2.54. The highest BCUT2D eigenvalue weighted by molar-refractivity contribution is 6.07. The Morgan fingerprint density at radius 1 is 1.23 bits per heavy atom. The minimum atomic E-state index is -0.905. The Morgan fingerprint density at radius 2 is 2.05 bits per heavy atom. The van der Waals surface area contributed by atoms with Gasteiger partial charge in [-0.1, -0.05) is 12.1 Å². The molecule has 2 N–H and O–H groups in total. The molecule has 0 saturated carbocycles. The molecule has 0 amide bonds. The van der Waals surface area contributed by atoms with Gasteiger partial charge in [0.1, 0.15) is 24.4 Å². The maximum atomic E-state index is 12.0. The molecule has 1 heterocycles. The van der Waals surface area contributed by atoms with Crippen molar-refractivity contribution in [3.63, 3.8) is 0 Å². The van der Waals surface area contributed by atoms with Gasteiger partial charge < -0.3 is 14.9 Å². The van der Waals surface area contributed by atoms with Crippen molar-refractivity contribution >= 4 is 16.6 Å². The summed E-state index contributed by atoms with van der Waals surface area (Å²) in [4.78, 5) is 12.0. The Balaban J connectivity index is 1.88. The lowest BCUT2D eigenvalue weighted by Gasteiger charge is -2.25. The number of ether oxygens (including phenoxy) is 1. The second-order valence-corrected chi connectivity index (χ2v) is 6.59. The van der Waals surface area contributed by atoms with Crippen molar-refractivity contribution in [1.29, 1.82) is 0 Å². The average molecular weight is 296 g/mol. The van der Waals surface area contributed by atoms with Crippen molar-refractivity contribution in [1.82, 2.24) is 0 Å². The lowest BCUT2D eigenvalue weighted by Crippen LogP contribution is -2.29. The molecule has 112 valence electrons. The molecule has 1 saturated heterocycles. The Hall–Kier alpha value is -1.75. The first kappa shape index (κ1) is 12.8. The zero-order valence-corrected chi connectivity index (χ0v) is 12.2. The van der Waals surface area contributed by atoms with Crippen LogP contribution in [0.1, 0.15) is 51.2 Å². The predicted octanol–water partition coefficient (Wildman–Crippen LogP) is 2.12. The van der Waals surface area contributed by atoms with Crippen molar-refractivity contribution in [2.75, 3.05) is 0 Å². The van der Waals surface area contributed by atoms with Crippen LogP contribution in [0, 0.1) is 6.92 Å². The van der Waals surface area contributed by atoms with Crippen LogP contribution in [0.2, 0.25) is 0 Å². The number of aryl methyl sites for hydroxylation is 2. The molecule has 2 aliphatic carbocycles. The molecule has 1 aliphatic heterocycles. The number of fused-ring (bicyclic) bond motifs is 7. The fourth-order valence-electron chi connectivity index (χ4n) is 4.27. The van der Waals surface area contributed by atoms with Gasteiger partial charge in [-0.15, -0.1) is 0 Å². The number of hydrogen-bond donors (Lipinski definition) is 2. The summed E-state index contributed by atoms with van der Waals surface area (Å²) >= 11 is 0. The predicted molar refractivity (Wildman–Crippen MR) is 79.9 cm³/mol. The Labute approximate surface area is 127 Å². The number of benzene rings is 2. The summed E-state index contributed by atoms with van der Waals surface area (Å²) in [5.74, 6) is 0.216. The molecular weight excluding hydrogens is 280 g/mol. The third kappa shape index (κ3) is 1.40. The van der Waals surface area contributed by atoms with Crippen molar-refractivity contribution in [3.05, 3.63) is 46.0 Å². The number of hydrogen-bond acceptors (Lipinski definition) is 4. The van der Waals surface area contributed by atoms with E-state index < -0.39 is 12.2 Å². The van der Waals surface area contributed by atoms with Gasteiger partial charge >= 0.3 is 0 Å². The van der Waals surface area contributed by atoms with Gasteiger partial charge in [-0.3, -0.25) is 4.79 Å². The number of carbonyl (C=O) groups excluding carboxylic acids is 1. The van der Waals surface area contributed by atoms with Crippen molar-refractivity contribution in [2.45, 2.75) is 44.2 Å². The summed E-state index contributed by atoms with van der Waals surface area (Å²) in [6, 6.07) is 5.84. The standard InChI is InChI=1S/C18H16O4/c1-7-6-11-8(4-5-12(11)19)9-2-3-10-14(13(7)9)17-18(22-17)16(21)15(10)20/h2-3,6,15-18,20-21H,4-5H2,1H3. The molecule has 4 nitrogen and oxygen atoms in total. The quantitative estimate of drug-likeness (QED) is 0.731. The molecule has 0 radical (unpaired) electrons. The van der Waals surface area contributed by atoms with E-state index in [9.17, 15) is 15.0 Å². The van der Waals surface area contributed by atoms with Gasteiger partial charge in [0, 0.05) is 12.0 Å². The second-order valence-electron chi connectivity index (χ2n) is 6.59. The zero-order chi connectivity index (χ0) is 15.2. The molecule has 4 unspecified atom stereocenters. The smallest absolute Gasteiger partial charge is 0.163 e. The van der Waals surface area contributed by atoms with Gasteiger partial charge in [-0.25, -0.2) is 0 Å². The number of epoxide rings is 1. The number of rotatable bonds is 0. The molecule has 22 heavy (non-hydrogen) atoms. The summed E-state index contributed by atoms with van der Waals surface area (Å²) in [6.07, 6.45) is -0.837. The van der Waals surface area contributed by atoms with E-state index in [-0.39, 0.29) is 18.0 Å². The van der Waals surface area contributed by atoms with E-state index in [4.69, 9.17) is 4.74 Å². The van der Waals surface area contributed by atoms with Crippen LogP contribution >= 0.6 is 0 Å². The third-order valence-corrected chi connectivity index (χ3v) is 5.38. The lowest BCUT2D eigenvalue weighted by atomic mass is 9.82. The largest absolute Gasteiger partial charge is 0.387 e. The normalized spacial score (nSPS) is 31.9. The minimum Gasteiger partial charge on any atom is -0.387 e. The fourth-order valence-corrected chi connectivity index (χ4v) is 4.27. The number of carbonyl (C=O) groups is 1. The van der Waals surface area contributed by atoms with Crippen LogP contribution in [-0.2, 0) is 11.2 Å². The monoisotopic (exact) mass is 296 g/mol. The first-order valence-electron chi connectivity index (χ1n) is 7.71. The van der Waals surface area contributed by atoms with Crippen LogP contribution in [0.5, 0.6) is 0 Å². The van der Waals surface area contributed by atoms with E-state index >= 15 is 0 Å². The van der Waals surface area contributed by atoms with Gasteiger partial charge in [-0.2, -0.15) is 0 Å².